The third-order valence-electron chi connectivity index (χ3n) is 9.67. The molecule has 0 saturated carbocycles. The number of rotatable bonds is 2. The summed E-state index contributed by atoms with van der Waals surface area (Å²) in [5.74, 6) is 0. The van der Waals surface area contributed by atoms with Gasteiger partial charge in [-0.05, 0) is 44.8 Å². The zero-order valence-electron chi connectivity index (χ0n) is 25.5. The van der Waals surface area contributed by atoms with Crippen molar-refractivity contribution in [1.82, 2.24) is 0 Å². The summed E-state index contributed by atoms with van der Waals surface area (Å²) in [4.78, 5) is 0. The number of fused-ring (bicyclic) bond motifs is 8. The predicted octanol–water partition coefficient (Wildman–Crippen LogP) is 2.41. The maximum atomic E-state index is 7.03. The molecule has 10 heteroatoms. The van der Waals surface area contributed by atoms with E-state index in [9.17, 15) is 0 Å². The van der Waals surface area contributed by atoms with Crippen LogP contribution >= 0.6 is 22.7 Å². The summed E-state index contributed by atoms with van der Waals surface area (Å²) < 4.78 is 4.38. The molecule has 0 spiro atoms. The molecule has 0 atom stereocenters. The van der Waals surface area contributed by atoms with Crippen LogP contribution in [0.4, 0.5) is 0 Å². The monoisotopic (exact) mass is 622 g/mol. The molecule has 48 heavy (non-hydrogen) atoms. The first-order valence-corrected chi connectivity index (χ1v) is 16.9. The molecule has 0 amide bonds. The highest BCUT2D eigenvalue weighted by atomic mass is 32.1. The minimum Gasteiger partial charge on any atom is -0.135 e. The van der Waals surface area contributed by atoms with Gasteiger partial charge in [0, 0.05) is 51.5 Å². The SMILES string of the molecule is [B]c1c([B])c([B])c2c(-c3cccc4c3sc3ccccc34)c3c([B])c([B])c([B])c([B])c3c(-c3cccc4c3sc3ccccc34)c2c1[B]. The van der Waals surface area contributed by atoms with Crippen molar-refractivity contribution in [2.45, 2.75) is 0 Å². The first kappa shape index (κ1) is 30.1. The van der Waals surface area contributed by atoms with Gasteiger partial charge in [-0.3, -0.25) is 0 Å². The molecule has 9 rings (SSSR count). The van der Waals surface area contributed by atoms with Crippen LogP contribution in [0.3, 0.4) is 0 Å². The highest BCUT2D eigenvalue weighted by molar-refractivity contribution is 7.26. The van der Waals surface area contributed by atoms with E-state index in [-0.39, 0.29) is 21.9 Å². The molecule has 0 N–H and O–H groups in total. The van der Waals surface area contributed by atoms with E-state index >= 15 is 0 Å². The predicted molar refractivity (Wildman–Crippen MR) is 221 cm³/mol. The molecule has 0 bridgehead atoms. The molecule has 202 valence electrons. The maximum Gasteiger partial charge on any atom is 0.113 e. The van der Waals surface area contributed by atoms with Gasteiger partial charge in [-0.15, -0.1) is 44.5 Å². The van der Waals surface area contributed by atoms with Gasteiger partial charge in [-0.25, -0.2) is 0 Å². The van der Waals surface area contributed by atoms with Gasteiger partial charge in [-0.2, -0.15) is 0 Å². The van der Waals surface area contributed by atoms with Gasteiger partial charge in [0.05, 0.1) is 0 Å². The summed E-state index contributed by atoms with van der Waals surface area (Å²) in [7, 11) is 54.7. The van der Waals surface area contributed by atoms with Crippen molar-refractivity contribution in [2.75, 3.05) is 0 Å². The van der Waals surface area contributed by atoms with E-state index in [0.717, 1.165) is 62.6 Å². The Morgan fingerprint density at radius 1 is 0.312 bits per heavy atom. The minimum atomic E-state index is 0.199. The lowest BCUT2D eigenvalue weighted by Gasteiger charge is -2.29. The average Bonchev–Trinajstić information content (AvgIpc) is 3.69. The van der Waals surface area contributed by atoms with Gasteiger partial charge in [-0.1, -0.05) is 94.6 Å². The van der Waals surface area contributed by atoms with Crippen molar-refractivity contribution in [1.29, 1.82) is 0 Å². The Morgan fingerprint density at radius 3 is 0.979 bits per heavy atom. The molecule has 2 heterocycles. The van der Waals surface area contributed by atoms with Crippen molar-refractivity contribution >= 4 is 191 Å². The lowest BCUT2D eigenvalue weighted by atomic mass is 9.59. The zero-order valence-corrected chi connectivity index (χ0v) is 27.2. The van der Waals surface area contributed by atoms with Gasteiger partial charge < -0.3 is 0 Å². The van der Waals surface area contributed by atoms with Crippen LogP contribution in [-0.4, -0.2) is 62.8 Å². The summed E-state index contributed by atoms with van der Waals surface area (Å²) in [5, 5.41) is 6.99. The van der Waals surface area contributed by atoms with Gasteiger partial charge in [0.1, 0.15) is 62.8 Å². The standard InChI is InChI=1S/C38H14B8S2/c39-29-25-23(19-11-5-9-17-15-7-1-3-13-21(15)47-37(17)19)26-28(32(42)36(46)34(44)30(26)40)24(27(25)31(41)35(45)33(29)43)20-12-6-10-18-16-8-2-4-14-22(16)48-38(18)20/h1-14H. The zero-order chi connectivity index (χ0) is 33.2. The van der Waals surface area contributed by atoms with E-state index in [1.54, 1.807) is 22.7 Å². The lowest BCUT2D eigenvalue weighted by molar-refractivity contribution is 1.78. The minimum absolute atomic E-state index is 0.199. The molecule has 0 fully saturated rings. The number of hydrogen-bond acceptors (Lipinski definition) is 2. The van der Waals surface area contributed by atoms with E-state index in [1.165, 1.54) is 0 Å². The van der Waals surface area contributed by atoms with Crippen molar-refractivity contribution in [3.63, 3.8) is 0 Å². The fourth-order valence-electron chi connectivity index (χ4n) is 7.37. The van der Waals surface area contributed by atoms with Crippen molar-refractivity contribution in [2.24, 2.45) is 0 Å². The van der Waals surface area contributed by atoms with Crippen molar-refractivity contribution in [3.8, 4) is 22.3 Å². The Hall–Kier alpha value is -3.98. The van der Waals surface area contributed by atoms with Crippen LogP contribution in [-0.2, 0) is 0 Å². The second kappa shape index (κ2) is 10.8. The molecule has 0 nitrogen and oxygen atoms in total. The van der Waals surface area contributed by atoms with Crippen LogP contribution in [0.5, 0.6) is 0 Å². The Balaban J connectivity index is 1.61. The Morgan fingerprint density at radius 2 is 0.625 bits per heavy atom. The molecular weight excluding hydrogens is 607 g/mol. The topological polar surface area (TPSA) is 0 Å². The molecule has 7 aromatic carbocycles. The van der Waals surface area contributed by atoms with E-state index in [0.29, 0.717) is 43.4 Å². The lowest BCUT2D eigenvalue weighted by Crippen LogP contribution is -2.50. The Kier molecular flexibility index (Phi) is 6.75. The largest absolute Gasteiger partial charge is 0.135 e. The molecule has 0 saturated heterocycles. The number of thiophene rings is 2. The summed E-state index contributed by atoms with van der Waals surface area (Å²) >= 11 is 3.37. The fourth-order valence-corrected chi connectivity index (χ4v) is 9.82. The van der Waals surface area contributed by atoms with Crippen molar-refractivity contribution < 1.29 is 0 Å². The Labute approximate surface area is 296 Å². The number of benzene rings is 7. The fraction of sp³-hybridized carbons (Fsp3) is 0. The van der Waals surface area contributed by atoms with Crippen LogP contribution in [0.25, 0.3) is 84.1 Å². The second-order valence-electron chi connectivity index (χ2n) is 12.1. The maximum absolute atomic E-state index is 7.03. The van der Waals surface area contributed by atoms with Crippen LogP contribution in [0, 0.1) is 0 Å². The van der Waals surface area contributed by atoms with E-state index in [4.69, 9.17) is 62.8 Å². The molecule has 0 aliphatic carbocycles. The summed E-state index contributed by atoms with van der Waals surface area (Å²) in [6.45, 7) is 0. The van der Waals surface area contributed by atoms with Gasteiger partial charge in [0.15, 0.2) is 0 Å². The second-order valence-corrected chi connectivity index (χ2v) is 14.2. The first-order chi connectivity index (χ1) is 23.2. The highest BCUT2D eigenvalue weighted by Crippen LogP contribution is 2.48. The number of hydrogen-bond donors (Lipinski definition) is 0. The molecule has 0 aliphatic rings. The van der Waals surface area contributed by atoms with E-state index < -0.39 is 0 Å². The normalized spacial score (nSPS) is 12.0. The van der Waals surface area contributed by atoms with Gasteiger partial charge in [0.2, 0.25) is 0 Å². The summed E-state index contributed by atoms with van der Waals surface area (Å²) in [5.41, 5.74) is 5.20. The molecule has 9 aromatic rings. The Bertz CT molecular complexity index is 2610. The van der Waals surface area contributed by atoms with Crippen LogP contribution in [0.2, 0.25) is 0 Å². The first-order valence-electron chi connectivity index (χ1n) is 15.3. The third kappa shape index (κ3) is 3.94. The summed E-state index contributed by atoms with van der Waals surface area (Å²) in [6, 6.07) is 29.0. The molecule has 0 aliphatic heterocycles. The molecular formula is C38H14B8S2. The van der Waals surface area contributed by atoms with Gasteiger partial charge in [0.25, 0.3) is 0 Å². The highest BCUT2D eigenvalue weighted by Gasteiger charge is 2.27. The van der Waals surface area contributed by atoms with Gasteiger partial charge >= 0.3 is 0 Å². The molecule has 0 unspecified atom stereocenters. The van der Waals surface area contributed by atoms with E-state index in [1.807, 2.05) is 36.4 Å². The average molecular weight is 621 g/mol. The molecule has 2 aromatic heterocycles. The van der Waals surface area contributed by atoms with Crippen molar-refractivity contribution in [3.05, 3.63) is 84.9 Å². The quantitative estimate of drug-likeness (QED) is 0.206. The van der Waals surface area contributed by atoms with E-state index in [2.05, 4.69) is 48.5 Å². The molecule has 16 radical (unpaired) electrons. The van der Waals surface area contributed by atoms with Crippen LogP contribution < -0.4 is 43.7 Å². The third-order valence-corrected chi connectivity index (χ3v) is 12.1. The van der Waals surface area contributed by atoms with Crippen LogP contribution in [0.1, 0.15) is 0 Å². The summed E-state index contributed by atoms with van der Waals surface area (Å²) in [6.07, 6.45) is 0. The van der Waals surface area contributed by atoms with Crippen LogP contribution in [0.15, 0.2) is 84.9 Å². The smallest absolute Gasteiger partial charge is 0.113 e.